The molecule has 0 saturated heterocycles. The molecule has 0 radical (unpaired) electrons. The molecule has 0 fully saturated rings. The summed E-state index contributed by atoms with van der Waals surface area (Å²) in [5.74, 6) is 0.000235. The topological polar surface area (TPSA) is 95.9 Å². The highest BCUT2D eigenvalue weighted by atomic mass is 16.5. The maximum atomic E-state index is 12.6. The van der Waals surface area contributed by atoms with Crippen molar-refractivity contribution in [1.82, 2.24) is 5.32 Å². The van der Waals surface area contributed by atoms with Crippen LogP contribution in [0.5, 0.6) is 0 Å². The first-order valence-corrected chi connectivity index (χ1v) is 38.8. The van der Waals surface area contributed by atoms with Crippen molar-refractivity contribution in [2.45, 2.75) is 469 Å². The first kappa shape index (κ1) is 81.9. The number of carbonyl (C=O) groups excluding carboxylic acids is 2. The fourth-order valence-electron chi connectivity index (χ4n) is 12.8. The molecule has 3 N–H and O–H groups in total. The van der Waals surface area contributed by atoms with Gasteiger partial charge < -0.3 is 20.3 Å². The van der Waals surface area contributed by atoms with Crippen molar-refractivity contribution in [3.8, 4) is 0 Å². The monoisotopic (exact) mass is 1170 g/mol. The minimum atomic E-state index is -0.661. The molecule has 1 amide bonds. The van der Waals surface area contributed by atoms with Crippen LogP contribution in [-0.2, 0) is 14.3 Å². The van der Waals surface area contributed by atoms with Gasteiger partial charge in [0.15, 0.2) is 0 Å². The summed E-state index contributed by atoms with van der Waals surface area (Å²) in [5.41, 5.74) is 0. The van der Waals surface area contributed by atoms with Crippen LogP contribution in [0.2, 0.25) is 0 Å². The average molecular weight is 1170 g/mol. The van der Waals surface area contributed by atoms with Gasteiger partial charge in [-0.2, -0.15) is 0 Å². The van der Waals surface area contributed by atoms with Crippen LogP contribution < -0.4 is 5.32 Å². The predicted octanol–water partition coefficient (Wildman–Crippen LogP) is 25.3. The molecule has 0 saturated carbocycles. The van der Waals surface area contributed by atoms with Gasteiger partial charge in [0.05, 0.1) is 25.4 Å². The number of hydrogen-bond donors (Lipinski definition) is 3. The van der Waals surface area contributed by atoms with E-state index in [1.54, 1.807) is 0 Å². The summed E-state index contributed by atoms with van der Waals surface area (Å²) in [6.07, 6.45) is 90.5. The molecule has 0 bridgehead atoms. The molecule has 0 heterocycles. The van der Waals surface area contributed by atoms with Crippen LogP contribution in [0.4, 0.5) is 0 Å². The number of amides is 1. The van der Waals surface area contributed by atoms with Crippen molar-refractivity contribution in [3.63, 3.8) is 0 Å². The number of hydrogen-bond acceptors (Lipinski definition) is 5. The summed E-state index contributed by atoms with van der Waals surface area (Å²) in [6.45, 7) is 5.02. The van der Waals surface area contributed by atoms with Gasteiger partial charge in [-0.25, -0.2) is 0 Å². The molecule has 0 aliphatic heterocycles. The molecule has 0 aromatic rings. The van der Waals surface area contributed by atoms with Crippen LogP contribution in [0, 0.1) is 0 Å². The van der Waals surface area contributed by atoms with Crippen molar-refractivity contribution >= 4 is 11.9 Å². The van der Waals surface area contributed by atoms with Gasteiger partial charge in [0.1, 0.15) is 0 Å². The molecule has 0 aromatic carbocycles. The second-order valence-electron chi connectivity index (χ2n) is 27.1. The lowest BCUT2D eigenvalue weighted by Gasteiger charge is -2.22. The zero-order valence-corrected chi connectivity index (χ0v) is 57.0. The minimum Gasteiger partial charge on any atom is -0.466 e. The standard InChI is InChI=1S/C77H153NO5/c1-3-5-7-9-11-13-15-17-19-20-21-36-39-42-45-49-53-57-61-65-69-75(80)74(73-79)78-76(81)70-66-62-58-54-50-46-43-40-37-34-32-30-28-26-24-22-23-25-27-29-31-33-35-38-41-44-48-52-56-60-64-68-72-83-77(82)71-67-63-59-55-51-47-18-16-14-12-10-8-6-4-2/h74-75,79-80H,3-73H2,1-2H3,(H,78,81). The van der Waals surface area contributed by atoms with Crippen LogP contribution >= 0.6 is 0 Å². The summed E-state index contributed by atoms with van der Waals surface area (Å²) in [4.78, 5) is 24.6. The van der Waals surface area contributed by atoms with Gasteiger partial charge in [0.2, 0.25) is 5.91 Å². The van der Waals surface area contributed by atoms with E-state index in [-0.39, 0.29) is 18.5 Å². The zero-order chi connectivity index (χ0) is 59.9. The zero-order valence-electron chi connectivity index (χ0n) is 57.0. The SMILES string of the molecule is CCCCCCCCCCCCCCCCCCCCCCC(O)C(CO)NC(=O)CCCCCCCCCCCCCCCCCCCCCCCCCCCCCCCCCCOC(=O)CCCCCCCCCCCCCCCC. The Labute approximate surface area is 521 Å². The van der Waals surface area contributed by atoms with Crippen molar-refractivity contribution < 1.29 is 24.5 Å². The number of ether oxygens (including phenoxy) is 1. The lowest BCUT2D eigenvalue weighted by Crippen LogP contribution is -2.45. The van der Waals surface area contributed by atoms with E-state index in [0.717, 1.165) is 38.5 Å². The maximum Gasteiger partial charge on any atom is 0.305 e. The second-order valence-corrected chi connectivity index (χ2v) is 27.1. The summed E-state index contributed by atoms with van der Waals surface area (Å²) >= 11 is 0. The van der Waals surface area contributed by atoms with Gasteiger partial charge in [0, 0.05) is 12.8 Å². The second kappa shape index (κ2) is 73.3. The lowest BCUT2D eigenvalue weighted by atomic mass is 10.0. The van der Waals surface area contributed by atoms with Crippen LogP contribution in [0.15, 0.2) is 0 Å². The van der Waals surface area contributed by atoms with Gasteiger partial charge in [-0.1, -0.05) is 418 Å². The Bertz CT molecular complexity index is 1210. The largest absolute Gasteiger partial charge is 0.466 e. The summed E-state index contributed by atoms with van der Waals surface area (Å²) < 4.78 is 5.50. The van der Waals surface area contributed by atoms with Gasteiger partial charge in [-0.15, -0.1) is 0 Å². The molecule has 0 rings (SSSR count). The number of unbranched alkanes of at least 4 members (excludes halogenated alkanes) is 63. The molecule has 6 heteroatoms. The molecule has 83 heavy (non-hydrogen) atoms. The number of nitrogens with one attached hydrogen (secondary N) is 1. The number of esters is 1. The van der Waals surface area contributed by atoms with Gasteiger partial charge in [-0.05, 0) is 25.7 Å². The van der Waals surface area contributed by atoms with Crippen LogP contribution in [0.3, 0.4) is 0 Å². The quantitative estimate of drug-likeness (QED) is 0.0417. The number of rotatable bonds is 74. The third-order valence-electron chi connectivity index (χ3n) is 18.7. The maximum absolute atomic E-state index is 12.6. The van der Waals surface area contributed by atoms with E-state index < -0.39 is 12.1 Å². The van der Waals surface area contributed by atoms with Crippen molar-refractivity contribution in [2.75, 3.05) is 13.2 Å². The fourth-order valence-corrected chi connectivity index (χ4v) is 12.8. The molecule has 0 spiro atoms. The Balaban J connectivity index is 3.31. The highest BCUT2D eigenvalue weighted by Crippen LogP contribution is 2.20. The third-order valence-corrected chi connectivity index (χ3v) is 18.7. The molecule has 496 valence electrons. The first-order chi connectivity index (χ1) is 41.0. The summed E-state index contributed by atoms with van der Waals surface area (Å²) in [6, 6.07) is -0.538. The summed E-state index contributed by atoms with van der Waals surface area (Å²) in [5, 5.41) is 23.4. The Morgan fingerprint density at radius 2 is 0.494 bits per heavy atom. The molecule has 6 nitrogen and oxygen atoms in total. The molecule has 0 aliphatic carbocycles. The molecule has 2 atom stereocenters. The van der Waals surface area contributed by atoms with E-state index in [0.29, 0.717) is 25.9 Å². The highest BCUT2D eigenvalue weighted by molar-refractivity contribution is 5.76. The lowest BCUT2D eigenvalue weighted by molar-refractivity contribution is -0.143. The van der Waals surface area contributed by atoms with E-state index >= 15 is 0 Å². The number of aliphatic hydroxyl groups is 2. The molecular formula is C77H153NO5. The van der Waals surface area contributed by atoms with E-state index in [1.807, 2.05) is 0 Å². The van der Waals surface area contributed by atoms with Crippen LogP contribution in [-0.4, -0.2) is 47.4 Å². The Morgan fingerprint density at radius 3 is 0.735 bits per heavy atom. The van der Waals surface area contributed by atoms with Gasteiger partial charge in [-0.3, -0.25) is 9.59 Å². The normalized spacial score (nSPS) is 12.4. The third kappa shape index (κ3) is 69.8. The van der Waals surface area contributed by atoms with Gasteiger partial charge in [0.25, 0.3) is 0 Å². The van der Waals surface area contributed by atoms with Crippen LogP contribution in [0.1, 0.15) is 457 Å². The number of carbonyl (C=O) groups is 2. The Morgan fingerprint density at radius 1 is 0.289 bits per heavy atom. The minimum absolute atomic E-state index is 0.0247. The molecular weight excluding hydrogens is 1020 g/mol. The first-order valence-electron chi connectivity index (χ1n) is 38.8. The smallest absolute Gasteiger partial charge is 0.305 e. The van der Waals surface area contributed by atoms with E-state index in [2.05, 4.69) is 19.2 Å². The van der Waals surface area contributed by atoms with Crippen LogP contribution in [0.25, 0.3) is 0 Å². The Hall–Kier alpha value is -1.14. The van der Waals surface area contributed by atoms with Gasteiger partial charge >= 0.3 is 5.97 Å². The molecule has 2 unspecified atom stereocenters. The fraction of sp³-hybridized carbons (Fsp3) is 0.974. The Kier molecular flexibility index (Phi) is 72.3. The molecule has 0 aliphatic rings. The van der Waals surface area contributed by atoms with E-state index in [9.17, 15) is 19.8 Å². The number of aliphatic hydroxyl groups excluding tert-OH is 2. The van der Waals surface area contributed by atoms with Crippen molar-refractivity contribution in [1.29, 1.82) is 0 Å². The summed E-state index contributed by atoms with van der Waals surface area (Å²) in [7, 11) is 0. The molecule has 0 aromatic heterocycles. The predicted molar refractivity (Wildman–Crippen MR) is 366 cm³/mol. The van der Waals surface area contributed by atoms with Crippen molar-refractivity contribution in [2.24, 2.45) is 0 Å². The van der Waals surface area contributed by atoms with E-state index in [1.165, 1.54) is 385 Å². The van der Waals surface area contributed by atoms with E-state index in [4.69, 9.17) is 4.74 Å². The highest BCUT2D eigenvalue weighted by Gasteiger charge is 2.20. The van der Waals surface area contributed by atoms with Crippen molar-refractivity contribution in [3.05, 3.63) is 0 Å². The average Bonchev–Trinajstić information content (AvgIpc) is 3.48.